The molecule has 1 atom stereocenters. The first kappa shape index (κ1) is 26.7. The van der Waals surface area contributed by atoms with Crippen LogP contribution in [0.1, 0.15) is 41.0 Å². The molecule has 40 heavy (non-hydrogen) atoms. The topological polar surface area (TPSA) is 113 Å². The van der Waals surface area contributed by atoms with Crippen molar-refractivity contribution >= 4 is 45.5 Å². The number of amides is 2. The molecule has 0 spiro atoms. The maximum absolute atomic E-state index is 13.0. The Hall–Kier alpha value is -4.92. The highest BCUT2D eigenvalue weighted by molar-refractivity contribution is 6.08. The highest BCUT2D eigenvalue weighted by atomic mass is 16.5. The number of fused-ring (bicyclic) bond motifs is 4. The maximum atomic E-state index is 13.0. The molecule has 0 saturated carbocycles. The van der Waals surface area contributed by atoms with Gasteiger partial charge in [-0.05, 0) is 49.2 Å². The Labute approximate surface area is 231 Å². The van der Waals surface area contributed by atoms with Gasteiger partial charge in [0.1, 0.15) is 6.61 Å². The zero-order valence-electron chi connectivity index (χ0n) is 21.3. The third-order valence-corrected chi connectivity index (χ3v) is 7.11. The number of hydrogen-bond acceptors (Lipinski definition) is 6. The molecule has 0 aliphatic carbocycles. The van der Waals surface area contributed by atoms with Crippen molar-refractivity contribution in [2.75, 3.05) is 20.3 Å². The van der Waals surface area contributed by atoms with Crippen molar-refractivity contribution in [2.24, 2.45) is 4.99 Å². The molecule has 3 heterocycles. The van der Waals surface area contributed by atoms with E-state index in [1.54, 1.807) is 42.5 Å². The normalized spacial score (nSPS) is 16.0. The fourth-order valence-corrected chi connectivity index (χ4v) is 5.15. The van der Waals surface area contributed by atoms with Gasteiger partial charge in [-0.25, -0.2) is 0 Å². The molecule has 1 fully saturated rings. The van der Waals surface area contributed by atoms with Crippen molar-refractivity contribution in [3.63, 3.8) is 0 Å². The van der Waals surface area contributed by atoms with Gasteiger partial charge in [0, 0.05) is 41.3 Å². The molecule has 6 rings (SSSR count). The second kappa shape index (κ2) is 11.1. The van der Waals surface area contributed by atoms with Gasteiger partial charge in [-0.15, -0.1) is 0 Å². The molecule has 0 bridgehead atoms. The van der Waals surface area contributed by atoms with Gasteiger partial charge >= 0.3 is 0 Å². The molecule has 2 aliphatic heterocycles. The summed E-state index contributed by atoms with van der Waals surface area (Å²) in [5.41, 5.74) is 2.41. The molecule has 2 N–H and O–H groups in total. The lowest BCUT2D eigenvalue weighted by molar-refractivity contribution is 0.0774. The van der Waals surface area contributed by atoms with E-state index in [0.29, 0.717) is 50.1 Å². The van der Waals surface area contributed by atoms with E-state index in [4.69, 9.17) is 9.47 Å². The van der Waals surface area contributed by atoms with Crippen LogP contribution in [0.15, 0.2) is 76.7 Å². The van der Waals surface area contributed by atoms with E-state index in [2.05, 4.69) is 15.3 Å². The fourth-order valence-electron chi connectivity index (χ4n) is 5.15. The number of nitrogens with one attached hydrogen (secondary N) is 2. The van der Waals surface area contributed by atoms with Crippen LogP contribution >= 0.6 is 0 Å². The van der Waals surface area contributed by atoms with Gasteiger partial charge < -0.3 is 24.7 Å². The minimum absolute atomic E-state index is 0. The maximum Gasteiger partial charge on any atom is 0.257 e. The summed E-state index contributed by atoms with van der Waals surface area (Å²) in [6.45, 7) is 0.857. The summed E-state index contributed by atoms with van der Waals surface area (Å²) < 4.78 is 11.4. The third-order valence-electron chi connectivity index (χ3n) is 7.11. The van der Waals surface area contributed by atoms with E-state index in [9.17, 15) is 14.4 Å². The van der Waals surface area contributed by atoms with Gasteiger partial charge in [0.25, 0.3) is 11.8 Å². The zero-order valence-corrected chi connectivity index (χ0v) is 21.3. The van der Waals surface area contributed by atoms with E-state index in [1.165, 1.54) is 13.3 Å². The smallest absolute Gasteiger partial charge is 0.257 e. The van der Waals surface area contributed by atoms with Crippen molar-refractivity contribution in [3.8, 4) is 11.5 Å². The van der Waals surface area contributed by atoms with Crippen molar-refractivity contribution in [1.82, 2.24) is 15.2 Å². The van der Waals surface area contributed by atoms with Crippen LogP contribution in [0.4, 0.5) is 5.69 Å². The number of carbonyl (C=O) groups is 2. The minimum Gasteiger partial charge on any atom is -0.493 e. The summed E-state index contributed by atoms with van der Waals surface area (Å²) >= 11 is 0. The molecule has 1 aromatic heterocycles. The van der Waals surface area contributed by atoms with Crippen LogP contribution in [0, 0.1) is 0 Å². The number of pyridine rings is 1. The van der Waals surface area contributed by atoms with Crippen LogP contribution in [0.3, 0.4) is 0 Å². The number of rotatable bonds is 6. The third kappa shape index (κ3) is 4.70. The molecule has 4 aromatic rings. The molecule has 204 valence electrons. The number of aromatic nitrogens is 1. The van der Waals surface area contributed by atoms with Crippen LogP contribution in [-0.4, -0.2) is 54.2 Å². The summed E-state index contributed by atoms with van der Waals surface area (Å²) in [4.78, 5) is 48.5. The number of aromatic amines is 1. The van der Waals surface area contributed by atoms with Crippen LogP contribution in [0.25, 0.3) is 21.8 Å². The summed E-state index contributed by atoms with van der Waals surface area (Å²) in [6.07, 6.45) is 6.84. The number of ether oxygens (including phenoxy) is 2. The quantitative estimate of drug-likeness (QED) is 0.337. The largest absolute Gasteiger partial charge is 0.493 e. The van der Waals surface area contributed by atoms with Crippen molar-refractivity contribution in [2.45, 2.75) is 26.3 Å². The highest BCUT2D eigenvalue weighted by Crippen LogP contribution is 2.38. The van der Waals surface area contributed by atoms with Gasteiger partial charge in [0.15, 0.2) is 16.9 Å². The number of para-hydroxylation sites is 2. The van der Waals surface area contributed by atoms with Crippen molar-refractivity contribution in [1.29, 1.82) is 0 Å². The first-order valence-electron chi connectivity index (χ1n) is 12.7. The van der Waals surface area contributed by atoms with Crippen molar-refractivity contribution in [3.05, 3.63) is 88.2 Å². The molecular formula is C31H30N4O5. The minimum atomic E-state index is -0.362. The number of carbonyl (C=O) groups excluding carboxylic acids is 2. The molecule has 9 heteroatoms. The van der Waals surface area contributed by atoms with Crippen LogP contribution < -0.4 is 20.2 Å². The van der Waals surface area contributed by atoms with Gasteiger partial charge in [-0.3, -0.25) is 19.4 Å². The van der Waals surface area contributed by atoms with E-state index in [1.807, 2.05) is 29.3 Å². The Balaban J connectivity index is 0.00000323. The lowest BCUT2D eigenvalue weighted by Gasteiger charge is -2.20. The van der Waals surface area contributed by atoms with E-state index >= 15 is 0 Å². The summed E-state index contributed by atoms with van der Waals surface area (Å²) in [7, 11) is 1.52. The fraction of sp³-hybridized carbons (Fsp3) is 0.226. The summed E-state index contributed by atoms with van der Waals surface area (Å²) in [5, 5.41) is 3.76. The van der Waals surface area contributed by atoms with Gasteiger partial charge in [0.05, 0.1) is 35.5 Å². The van der Waals surface area contributed by atoms with Gasteiger partial charge in [-0.1, -0.05) is 25.6 Å². The van der Waals surface area contributed by atoms with Crippen LogP contribution in [0.5, 0.6) is 11.5 Å². The number of nitrogens with zero attached hydrogens (tertiary/aromatic N) is 2. The molecule has 0 unspecified atom stereocenters. The second-order valence-electron chi connectivity index (χ2n) is 9.42. The predicted octanol–water partition coefficient (Wildman–Crippen LogP) is 4.97. The predicted molar refractivity (Wildman–Crippen MR) is 156 cm³/mol. The standard InChI is InChI=1S/C30H26N4O5.CH4/c1-38-25-15-22-24(32-17-18-7-5-13-34(18)30(22)37)16-26(25)39-14-6-12-31-29(36)21-10-4-9-20-27(21)33-23-11-3-2-8-19(23)28(20)35;/h2-4,6,8-12,15-18H,5,7,13-14H2,1H3,(H,31,36)(H,33,35);1H4/b12-6-;/t18-;/m0./s1. The number of benzene rings is 3. The molecule has 2 aliphatic rings. The first-order chi connectivity index (χ1) is 19.0. The molecule has 2 amide bonds. The van der Waals surface area contributed by atoms with Gasteiger partial charge in [-0.2, -0.15) is 0 Å². The summed E-state index contributed by atoms with van der Waals surface area (Å²) in [6, 6.07) is 15.7. The average molecular weight is 539 g/mol. The number of methoxy groups -OCH3 is 1. The zero-order chi connectivity index (χ0) is 26.9. The molecule has 0 radical (unpaired) electrons. The molecule has 1 saturated heterocycles. The Bertz CT molecular complexity index is 1740. The SMILES string of the molecule is C.COc1cc2c(cc1OC/C=C\NC(=O)c1cccc3c(=O)c4ccccc4[nH]c13)N=C[C@@H]1CCCN1C2=O. The van der Waals surface area contributed by atoms with E-state index < -0.39 is 0 Å². The summed E-state index contributed by atoms with van der Waals surface area (Å²) in [5.74, 6) is 0.455. The van der Waals surface area contributed by atoms with E-state index in [-0.39, 0.29) is 37.3 Å². The Morgan fingerprint density at radius 3 is 2.80 bits per heavy atom. The Morgan fingerprint density at radius 2 is 1.95 bits per heavy atom. The first-order valence-corrected chi connectivity index (χ1v) is 12.7. The van der Waals surface area contributed by atoms with E-state index in [0.717, 1.165) is 19.4 Å². The highest BCUT2D eigenvalue weighted by Gasteiger charge is 2.32. The lowest BCUT2D eigenvalue weighted by atomic mass is 10.1. The van der Waals surface area contributed by atoms with Crippen molar-refractivity contribution < 1.29 is 19.1 Å². The number of aliphatic imine (C=N–C) groups is 1. The monoisotopic (exact) mass is 538 g/mol. The Morgan fingerprint density at radius 1 is 1.12 bits per heavy atom. The second-order valence-corrected chi connectivity index (χ2v) is 9.42. The molecular weight excluding hydrogens is 508 g/mol. The van der Waals surface area contributed by atoms with Crippen LogP contribution in [0.2, 0.25) is 0 Å². The van der Waals surface area contributed by atoms with Crippen LogP contribution in [-0.2, 0) is 0 Å². The number of H-pyrrole nitrogens is 1. The average Bonchev–Trinajstić information content (AvgIpc) is 3.39. The Kier molecular flexibility index (Phi) is 7.37. The lowest BCUT2D eigenvalue weighted by Crippen LogP contribution is -2.35. The molecule has 3 aromatic carbocycles. The van der Waals surface area contributed by atoms with Gasteiger partial charge in [0.2, 0.25) is 0 Å². The molecule has 9 nitrogen and oxygen atoms in total. The number of hydrogen-bond donors (Lipinski definition) is 2.